The second-order valence-electron chi connectivity index (χ2n) is 5.84. The van der Waals surface area contributed by atoms with Gasteiger partial charge < -0.3 is 10.6 Å². The number of benzene rings is 1. The summed E-state index contributed by atoms with van der Waals surface area (Å²) in [6.07, 6.45) is -0.704. The zero-order valence-electron chi connectivity index (χ0n) is 14.2. The molecule has 1 aromatic heterocycles. The smallest absolute Gasteiger partial charge is 0.356 e. The van der Waals surface area contributed by atoms with Gasteiger partial charge in [-0.25, -0.2) is 0 Å². The molecule has 5 nitrogen and oxygen atoms in total. The second-order valence-corrected chi connectivity index (χ2v) is 5.84. The molecule has 1 atom stereocenters. The Morgan fingerprint density at radius 2 is 2.08 bits per heavy atom. The molecular weight excluding hydrogens is 331 g/mol. The molecule has 1 aromatic carbocycles. The number of nitrogens with one attached hydrogen (secondary N) is 2. The van der Waals surface area contributed by atoms with Crippen molar-refractivity contribution in [1.29, 1.82) is 0 Å². The van der Waals surface area contributed by atoms with Crippen LogP contribution in [-0.4, -0.2) is 29.3 Å². The van der Waals surface area contributed by atoms with Crippen molar-refractivity contribution in [2.45, 2.75) is 26.2 Å². The summed E-state index contributed by atoms with van der Waals surface area (Å²) in [6, 6.07) is 7.13. The number of aliphatic imine (C=N–C) groups is 1. The first-order valence-corrected chi connectivity index (χ1v) is 7.96. The molecule has 0 saturated carbocycles. The van der Waals surface area contributed by atoms with Gasteiger partial charge in [0.1, 0.15) is 0 Å². The fourth-order valence-corrected chi connectivity index (χ4v) is 2.33. The lowest BCUT2D eigenvalue weighted by molar-refractivity contribution is -0.137. The average molecular weight is 353 g/mol. The minimum Gasteiger partial charge on any atom is -0.356 e. The lowest BCUT2D eigenvalue weighted by Gasteiger charge is -2.16. The van der Waals surface area contributed by atoms with Crippen LogP contribution in [0.25, 0.3) is 0 Å². The Hall–Kier alpha value is -2.51. The fourth-order valence-electron chi connectivity index (χ4n) is 2.33. The lowest BCUT2D eigenvalue weighted by atomic mass is 10.1. The Labute approximate surface area is 145 Å². The third-order valence-corrected chi connectivity index (χ3v) is 3.61. The molecular formula is C17H22F3N5. The SMILES string of the molecule is CN=C(NCc1cccc(C(F)(F)F)c1)NCC(C)Cn1cccn1. The maximum atomic E-state index is 12.7. The van der Waals surface area contributed by atoms with Gasteiger partial charge in [0.15, 0.2) is 5.96 Å². The summed E-state index contributed by atoms with van der Waals surface area (Å²) < 4.78 is 40.1. The first kappa shape index (κ1) is 18.8. The van der Waals surface area contributed by atoms with Gasteiger partial charge in [0.25, 0.3) is 0 Å². The predicted octanol–water partition coefficient (Wildman–Crippen LogP) is 2.90. The molecule has 136 valence electrons. The van der Waals surface area contributed by atoms with E-state index in [0.29, 0.717) is 24.0 Å². The molecule has 1 unspecified atom stereocenters. The van der Waals surface area contributed by atoms with Gasteiger partial charge >= 0.3 is 6.18 Å². The maximum Gasteiger partial charge on any atom is 0.416 e. The first-order valence-electron chi connectivity index (χ1n) is 7.96. The number of hydrogen-bond acceptors (Lipinski definition) is 2. The number of rotatable bonds is 6. The Morgan fingerprint density at radius 1 is 1.28 bits per heavy atom. The van der Waals surface area contributed by atoms with Gasteiger partial charge in [-0.1, -0.05) is 19.1 Å². The molecule has 0 amide bonds. The summed E-state index contributed by atoms with van der Waals surface area (Å²) in [5, 5.41) is 10.4. The maximum absolute atomic E-state index is 12.7. The van der Waals surface area contributed by atoms with Crippen LogP contribution in [0, 0.1) is 5.92 Å². The van der Waals surface area contributed by atoms with Gasteiger partial charge in [0.2, 0.25) is 0 Å². The summed E-state index contributed by atoms with van der Waals surface area (Å²) in [7, 11) is 1.62. The Balaban J connectivity index is 1.82. The molecule has 0 saturated heterocycles. The van der Waals surface area contributed by atoms with Crippen molar-refractivity contribution in [3.05, 3.63) is 53.9 Å². The quantitative estimate of drug-likeness (QED) is 0.620. The Kier molecular flexibility index (Phi) is 6.44. The summed E-state index contributed by atoms with van der Waals surface area (Å²) in [5.74, 6) is 0.858. The van der Waals surface area contributed by atoms with Crippen molar-refractivity contribution < 1.29 is 13.2 Å². The van der Waals surface area contributed by atoms with Crippen molar-refractivity contribution >= 4 is 5.96 Å². The molecule has 2 N–H and O–H groups in total. The lowest BCUT2D eigenvalue weighted by Crippen LogP contribution is -2.39. The Bertz CT molecular complexity index is 680. The van der Waals surface area contributed by atoms with E-state index in [2.05, 4.69) is 27.6 Å². The standard InChI is InChI=1S/C17H22F3N5/c1-13(12-25-8-4-7-24-25)10-22-16(21-2)23-11-14-5-3-6-15(9-14)17(18,19)20/h3-9,13H,10-12H2,1-2H3,(H2,21,22,23). The third kappa shape index (κ3) is 6.13. The highest BCUT2D eigenvalue weighted by Gasteiger charge is 2.30. The molecule has 0 bridgehead atoms. The highest BCUT2D eigenvalue weighted by Crippen LogP contribution is 2.29. The normalized spacial score (nSPS) is 13.6. The van der Waals surface area contributed by atoms with Crippen LogP contribution in [0.4, 0.5) is 13.2 Å². The van der Waals surface area contributed by atoms with Gasteiger partial charge in [-0.05, 0) is 29.7 Å². The van der Waals surface area contributed by atoms with Crippen molar-refractivity contribution in [2.24, 2.45) is 10.9 Å². The van der Waals surface area contributed by atoms with Crippen LogP contribution in [0.15, 0.2) is 47.7 Å². The summed E-state index contributed by atoms with van der Waals surface area (Å²) in [6.45, 7) is 3.78. The predicted molar refractivity (Wildman–Crippen MR) is 91.0 cm³/mol. The number of hydrogen-bond donors (Lipinski definition) is 2. The van der Waals surface area contributed by atoms with Crippen molar-refractivity contribution in [3.8, 4) is 0 Å². The van der Waals surface area contributed by atoms with Crippen molar-refractivity contribution in [2.75, 3.05) is 13.6 Å². The highest BCUT2D eigenvalue weighted by atomic mass is 19.4. The molecule has 0 aliphatic heterocycles. The van der Waals surface area contributed by atoms with E-state index in [1.54, 1.807) is 19.3 Å². The number of guanidine groups is 1. The zero-order chi connectivity index (χ0) is 18.3. The van der Waals surface area contributed by atoms with E-state index >= 15 is 0 Å². The number of nitrogens with zero attached hydrogens (tertiary/aromatic N) is 3. The van der Waals surface area contributed by atoms with Gasteiger partial charge in [0, 0.05) is 39.1 Å². The van der Waals surface area contributed by atoms with E-state index in [-0.39, 0.29) is 6.54 Å². The first-order chi connectivity index (χ1) is 11.9. The average Bonchev–Trinajstić information content (AvgIpc) is 3.07. The van der Waals surface area contributed by atoms with Crippen molar-refractivity contribution in [3.63, 3.8) is 0 Å². The minimum atomic E-state index is -4.34. The van der Waals surface area contributed by atoms with Gasteiger partial charge in [-0.15, -0.1) is 0 Å². The van der Waals surface area contributed by atoms with Gasteiger partial charge in [0.05, 0.1) is 5.56 Å². The van der Waals surface area contributed by atoms with Gasteiger partial charge in [-0.3, -0.25) is 9.67 Å². The Morgan fingerprint density at radius 3 is 2.72 bits per heavy atom. The van der Waals surface area contributed by atoms with Crippen LogP contribution in [-0.2, 0) is 19.3 Å². The molecule has 2 aromatic rings. The molecule has 0 aliphatic rings. The number of alkyl halides is 3. The van der Waals surface area contributed by atoms with E-state index in [4.69, 9.17) is 0 Å². The fraction of sp³-hybridized carbons (Fsp3) is 0.412. The summed E-state index contributed by atoms with van der Waals surface area (Å²) in [5.41, 5.74) is -0.107. The molecule has 0 aliphatic carbocycles. The molecule has 0 spiro atoms. The molecule has 25 heavy (non-hydrogen) atoms. The largest absolute Gasteiger partial charge is 0.416 e. The summed E-state index contributed by atoms with van der Waals surface area (Å²) in [4.78, 5) is 4.09. The topological polar surface area (TPSA) is 54.2 Å². The van der Waals surface area contributed by atoms with E-state index in [1.807, 2.05) is 16.9 Å². The van der Waals surface area contributed by atoms with E-state index in [1.165, 1.54) is 6.07 Å². The summed E-state index contributed by atoms with van der Waals surface area (Å²) >= 11 is 0. The molecule has 8 heteroatoms. The van der Waals surface area contributed by atoms with Gasteiger partial charge in [-0.2, -0.15) is 18.3 Å². The van der Waals surface area contributed by atoms with Crippen LogP contribution in [0.1, 0.15) is 18.1 Å². The van der Waals surface area contributed by atoms with Crippen LogP contribution in [0.3, 0.4) is 0 Å². The monoisotopic (exact) mass is 353 g/mol. The molecule has 1 heterocycles. The van der Waals surface area contributed by atoms with Crippen molar-refractivity contribution in [1.82, 2.24) is 20.4 Å². The molecule has 2 rings (SSSR count). The zero-order valence-corrected chi connectivity index (χ0v) is 14.2. The number of aromatic nitrogens is 2. The van der Waals surface area contributed by atoms with E-state index in [0.717, 1.165) is 18.7 Å². The van der Waals surface area contributed by atoms with E-state index in [9.17, 15) is 13.2 Å². The van der Waals surface area contributed by atoms with Crippen LogP contribution in [0.5, 0.6) is 0 Å². The van der Waals surface area contributed by atoms with Crippen LogP contribution < -0.4 is 10.6 Å². The minimum absolute atomic E-state index is 0.261. The molecule has 0 fully saturated rings. The van der Waals surface area contributed by atoms with E-state index < -0.39 is 11.7 Å². The van der Waals surface area contributed by atoms with Crippen LogP contribution >= 0.6 is 0 Å². The third-order valence-electron chi connectivity index (χ3n) is 3.61. The van der Waals surface area contributed by atoms with Crippen LogP contribution in [0.2, 0.25) is 0 Å². The second kappa shape index (κ2) is 8.55. The highest BCUT2D eigenvalue weighted by molar-refractivity contribution is 5.79. The number of halogens is 3. The molecule has 0 radical (unpaired) electrons.